The minimum absolute atomic E-state index is 0.0167. The number of hydrogen-bond donors (Lipinski definition) is 8. The molecule has 6 aromatic heterocycles. The number of alkyl halides is 15. The minimum atomic E-state index is -4.76. The van der Waals surface area contributed by atoms with Crippen LogP contribution in [-0.2, 0) is 62.7 Å². The monoisotopic (exact) mass is 2240 g/mol. The Labute approximate surface area is 874 Å². The zero-order valence-electron chi connectivity index (χ0n) is 85.1. The van der Waals surface area contributed by atoms with E-state index < -0.39 is 96.6 Å². The van der Waals surface area contributed by atoms with Gasteiger partial charge in [0.15, 0.2) is 11.6 Å². The zero-order valence-corrected chi connectivity index (χ0v) is 90.0. The summed E-state index contributed by atoms with van der Waals surface area (Å²) in [5.74, 6) is -1.67. The van der Waals surface area contributed by atoms with Gasteiger partial charge in [0.25, 0.3) is 0 Å². The Morgan fingerprint density at radius 3 is 1.13 bits per heavy atom. The van der Waals surface area contributed by atoms with Crippen molar-refractivity contribution < 1.29 is 140 Å². The quantitative estimate of drug-likeness (QED) is 0.0121. The van der Waals surface area contributed by atoms with E-state index in [1.807, 2.05) is 116 Å². The van der Waals surface area contributed by atoms with Gasteiger partial charge in [0.2, 0.25) is 11.1 Å². The van der Waals surface area contributed by atoms with Crippen molar-refractivity contribution in [2.24, 2.45) is 27.1 Å². The average Bonchev–Trinajstić information content (AvgIpc) is 1.60. The number of rotatable bonds is 24. The SMILES string of the molecule is CC(C)(C)[S@@](N)=O.CC(C)(C)[S@](=O)N=Cc1ccc(OC(F)(F)F)cc1.C[C@@H](N)c1ccc(OC(F)(F)F)cc1.C[C@@H](N[S@@](=O)C(C)(C)C)c1ccc(OC(F)(F)F)cc1.Cc1nc(N[C@H](C)c2ccc(OC(F)(F)F)cc2)nc(N[C@@H]2C[C@H](CO)[C@H]3OC(C)(C)O[C@H]32)c1-c1nc2c(C)nccc2s1.Cc1nc(S(C)=O)nc(N[C@@H]2C[C@H](CO)[C@H]3OC(C)(C)O[C@H]32)c1-c1nc2c(C)nccc2s1.O=Cc1ccc(OC(F)(F)F)cc1. The number of aliphatic hydroxyl groups is 2. The van der Waals surface area contributed by atoms with E-state index in [0.29, 0.717) is 59.2 Å². The molecule has 0 amide bonds. The molecule has 11 aromatic rings. The summed E-state index contributed by atoms with van der Waals surface area (Å²) in [6.45, 7) is 36.8. The molecular formula is C98H118F15N15O16S6. The topological polar surface area (TPSA) is 425 Å². The first-order chi connectivity index (χ1) is 69.4. The van der Waals surface area contributed by atoms with Crippen molar-refractivity contribution in [3.63, 3.8) is 0 Å². The van der Waals surface area contributed by atoms with Gasteiger partial charge < -0.3 is 74.5 Å². The molecule has 4 aliphatic rings. The van der Waals surface area contributed by atoms with Crippen LogP contribution in [0, 0.1) is 39.5 Å². The number of aldehydes is 1. The summed E-state index contributed by atoms with van der Waals surface area (Å²) in [6.07, 6.45) is -16.2. The molecule has 150 heavy (non-hydrogen) atoms. The van der Waals surface area contributed by atoms with E-state index >= 15 is 0 Å². The molecule has 10 N–H and O–H groups in total. The third-order valence-corrected chi connectivity index (χ3v) is 28.9. The van der Waals surface area contributed by atoms with Crippen LogP contribution in [-0.4, -0.2) is 193 Å². The lowest BCUT2D eigenvalue weighted by atomic mass is 10.1. The van der Waals surface area contributed by atoms with Gasteiger partial charge in [-0.2, -0.15) is 9.38 Å². The number of anilines is 3. The number of ether oxygens (including phenoxy) is 9. The molecule has 1 unspecified atom stereocenters. The number of aromatic nitrogens is 8. The molecule has 2 aliphatic carbocycles. The molecule has 15 rings (SSSR count). The van der Waals surface area contributed by atoms with Crippen LogP contribution in [0.5, 0.6) is 28.7 Å². The first-order valence-electron chi connectivity index (χ1n) is 46.0. The van der Waals surface area contributed by atoms with Crippen LogP contribution in [0.15, 0.2) is 155 Å². The largest absolute Gasteiger partial charge is 0.573 e. The third-order valence-electron chi connectivity index (χ3n) is 21.9. The second kappa shape index (κ2) is 50.9. The second-order valence-electron chi connectivity index (χ2n) is 38.2. The van der Waals surface area contributed by atoms with E-state index in [4.69, 9.17) is 49.8 Å². The van der Waals surface area contributed by atoms with Crippen LogP contribution in [0.3, 0.4) is 0 Å². The summed E-state index contributed by atoms with van der Waals surface area (Å²) in [6, 6.07) is 29.2. The number of aryl methyl sites for hydroxylation is 4. The zero-order chi connectivity index (χ0) is 112. The van der Waals surface area contributed by atoms with Crippen LogP contribution in [0.25, 0.3) is 41.6 Å². The number of halogens is 15. The summed E-state index contributed by atoms with van der Waals surface area (Å²) >= 11 is 3.06. The number of fused-ring (bicyclic) bond motifs is 4. The van der Waals surface area contributed by atoms with Crippen molar-refractivity contribution in [3.05, 3.63) is 196 Å². The van der Waals surface area contributed by atoms with Crippen LogP contribution in [0.1, 0.15) is 197 Å². The van der Waals surface area contributed by atoms with E-state index in [2.05, 4.69) is 68.7 Å². The predicted molar refractivity (Wildman–Crippen MR) is 544 cm³/mol. The molecule has 31 nitrogen and oxygen atoms in total. The minimum Gasteiger partial charge on any atom is -0.406 e. The van der Waals surface area contributed by atoms with Gasteiger partial charge in [-0.05, 0) is 271 Å². The number of aliphatic hydroxyl groups excluding tert-OH is 2. The van der Waals surface area contributed by atoms with E-state index in [0.717, 1.165) is 81.8 Å². The average molecular weight is 2240 g/mol. The van der Waals surface area contributed by atoms with Crippen molar-refractivity contribution in [2.45, 2.75) is 269 Å². The Hall–Kier alpha value is -10.7. The molecule has 2 saturated heterocycles. The Balaban J connectivity index is 0.000000208. The summed E-state index contributed by atoms with van der Waals surface area (Å²) in [5.41, 5.74) is 14.8. The molecule has 822 valence electrons. The highest BCUT2D eigenvalue weighted by Gasteiger charge is 2.56. The lowest BCUT2D eigenvalue weighted by Crippen LogP contribution is -2.35. The highest BCUT2D eigenvalue weighted by atomic mass is 32.2. The fourth-order valence-electron chi connectivity index (χ4n) is 14.7. The fraction of sp³-hybridized carbons (Fsp3) is 0.469. The van der Waals surface area contributed by atoms with Gasteiger partial charge in [-0.25, -0.2) is 42.3 Å². The van der Waals surface area contributed by atoms with Gasteiger partial charge in [0.1, 0.15) is 90.9 Å². The number of nitrogens with zero attached hydrogens (tertiary/aromatic N) is 9. The smallest absolute Gasteiger partial charge is 0.406 e. The maximum atomic E-state index is 12.6. The highest BCUT2D eigenvalue weighted by Crippen LogP contribution is 2.48. The number of pyridine rings is 2. The lowest BCUT2D eigenvalue weighted by Gasteiger charge is -2.25. The van der Waals surface area contributed by atoms with Gasteiger partial charge in [0.05, 0.1) is 121 Å². The molecule has 0 spiro atoms. The molecule has 5 aromatic carbocycles. The summed E-state index contributed by atoms with van der Waals surface area (Å²) < 4.78 is 277. The van der Waals surface area contributed by atoms with Crippen LogP contribution >= 0.6 is 22.7 Å². The fourth-order valence-corrected chi connectivity index (χ4v) is 18.8. The van der Waals surface area contributed by atoms with Crippen molar-refractivity contribution in [2.75, 3.05) is 35.4 Å². The number of thiazole rings is 2. The predicted octanol–water partition coefficient (Wildman–Crippen LogP) is 21.5. The van der Waals surface area contributed by atoms with E-state index in [1.165, 1.54) is 115 Å². The Bertz CT molecular complexity index is 6460. The number of nitrogens with two attached hydrogens (primary N) is 2. The maximum Gasteiger partial charge on any atom is 0.573 e. The van der Waals surface area contributed by atoms with E-state index in [9.17, 15) is 97.7 Å². The number of carbonyl (C=O) groups is 1. The molecule has 4 fully saturated rings. The molecular weight excluding hydrogens is 2120 g/mol. The van der Waals surface area contributed by atoms with Gasteiger partial charge in [0, 0.05) is 67.6 Å². The first-order valence-corrected chi connectivity index (χ1v) is 52.6. The summed E-state index contributed by atoms with van der Waals surface area (Å²) in [5, 5.41) is 37.2. The summed E-state index contributed by atoms with van der Waals surface area (Å²) in [7, 11) is -5.18. The first kappa shape index (κ1) is 123. The maximum absolute atomic E-state index is 12.6. The van der Waals surface area contributed by atoms with Gasteiger partial charge in [-0.1, -0.05) is 36.4 Å². The van der Waals surface area contributed by atoms with Crippen molar-refractivity contribution >= 4 is 117 Å². The summed E-state index contributed by atoms with van der Waals surface area (Å²) in [4.78, 5) is 47.4. The van der Waals surface area contributed by atoms with Gasteiger partial charge in [-0.15, -0.1) is 88.5 Å². The molecule has 0 radical (unpaired) electrons. The van der Waals surface area contributed by atoms with Crippen molar-refractivity contribution in [3.8, 4) is 49.9 Å². The molecule has 2 aliphatic heterocycles. The highest BCUT2D eigenvalue weighted by molar-refractivity contribution is 7.85. The number of benzene rings is 5. The van der Waals surface area contributed by atoms with E-state index in [-0.39, 0.29) is 118 Å². The van der Waals surface area contributed by atoms with Crippen molar-refractivity contribution in [1.82, 2.24) is 44.6 Å². The van der Waals surface area contributed by atoms with Crippen LogP contribution in [0.2, 0.25) is 0 Å². The van der Waals surface area contributed by atoms with Crippen LogP contribution < -0.4 is 55.2 Å². The Morgan fingerprint density at radius 2 is 0.807 bits per heavy atom. The Morgan fingerprint density at radius 1 is 0.467 bits per heavy atom. The molecule has 0 bridgehead atoms. The second-order valence-corrected chi connectivity index (χ2v) is 47.3. The molecule has 2 saturated carbocycles. The molecule has 52 heteroatoms. The number of carbonyl (C=O) groups excluding carboxylic acids is 1. The standard InChI is InChI=1S/C30H33F3N6O4S.C22H27N5O4S2.C13H18F3NO2S.C12H14F3NO2S.C9H10F3NO.C8H5F3O2.C4H11NOS/c1-14(17-6-8-19(9-7-17)41-30(31,32)33)35-28-36-15(2)22(27-38-23-16(3)34-11-10-21(23)44-27)26(39-28)37-20-12-18(13-40)24-25(20)43-29(4,5)42-24;1-10-15(20-26-16-11(2)23-7-6-14(16)32-20)19(27-21(24-10)33(5)29)25-13-8-12(9-28)17-18(13)31-22(3,4)30-17;1-9(17-20(18)12(2,3)4)10-5-7-11(8-6-10)19-13(14,15)16;1-11(2,3)19(17)16-8-9-4-6-10(7-5-9)18-12(13,14)15;1-6(13)7-2-4-8(5-3-7)14-9(10,11)12;9-8(10,11)13-7-3-1-6(5-12)2-4-7;1-4(2,3)7(5)6/h6-11,14,18,20,24-25,40H,12-13H2,1-5H3,(H2,35,36,37,39);6-7,12-13,17-18,28H,8-9H2,1-5H3,(H,24,25,27);5-9,17H,1-4H3;4-8H,1-3H3;2-6H,13H2,1H3;1-5H;5H2,1-3H3/t14-,18-,20-,24-,25+;12-,13-,17-,18+,33?;9-,20+;19-;6-;;7-/m11101.0/s1. The third kappa shape index (κ3) is 37.3. The lowest BCUT2D eigenvalue weighted by molar-refractivity contribution is -0.275. The number of nitrogens with one attached hydrogen (secondary N) is 4. The van der Waals surface area contributed by atoms with Gasteiger partial charge >= 0.3 is 31.8 Å². The van der Waals surface area contributed by atoms with E-state index in [1.54, 1.807) is 76.7 Å². The van der Waals surface area contributed by atoms with Crippen LogP contribution in [0.4, 0.5) is 83.4 Å². The van der Waals surface area contributed by atoms with Crippen molar-refractivity contribution in [1.29, 1.82) is 0 Å². The molecule has 8 heterocycles. The number of hydrogen-bond acceptors (Lipinski definition) is 30. The van der Waals surface area contributed by atoms with Gasteiger partial charge in [-0.3, -0.25) is 24.1 Å². The Kier molecular flexibility index (Phi) is 41.7. The molecule has 15 atom stereocenters. The normalized spacial score (nSPS) is 19.8.